The summed E-state index contributed by atoms with van der Waals surface area (Å²) < 4.78 is 0. The topological polar surface area (TPSA) is 6.48 Å². The Balaban J connectivity index is 2.19. The first kappa shape index (κ1) is 12.0. The molecule has 0 N–H and O–H groups in total. The summed E-state index contributed by atoms with van der Waals surface area (Å²) in [5, 5.41) is 0. The van der Waals surface area contributed by atoms with Crippen LogP contribution < -0.4 is 0 Å². The quantitative estimate of drug-likeness (QED) is 0.682. The molecule has 0 spiro atoms. The largest absolute Gasteiger partial charge is 0.304 e. The van der Waals surface area contributed by atoms with Crippen molar-refractivity contribution < 1.29 is 0 Å². The van der Waals surface area contributed by atoms with Crippen molar-refractivity contribution in [3.8, 4) is 0 Å². The molecule has 0 unspecified atom stereocenters. The Morgan fingerprint density at radius 2 is 1.64 bits per heavy atom. The van der Waals surface area contributed by atoms with Gasteiger partial charge in [-0.15, -0.1) is 0 Å². The minimum atomic E-state index is 0.531. The Kier molecular flexibility index (Phi) is 4.39. The van der Waals surface area contributed by atoms with Gasteiger partial charge >= 0.3 is 0 Å². The predicted octanol–water partition coefficient (Wildman–Crippen LogP) is 2.06. The van der Waals surface area contributed by atoms with Crippen LogP contribution >= 0.6 is 0 Å². The van der Waals surface area contributed by atoms with Gasteiger partial charge in [-0.3, -0.25) is 0 Å². The Morgan fingerprint density at radius 3 is 2.14 bits per heavy atom. The minimum absolute atomic E-state index is 0.531. The van der Waals surface area contributed by atoms with Gasteiger partial charge in [-0.25, -0.2) is 0 Å². The summed E-state index contributed by atoms with van der Waals surface area (Å²) in [6, 6.07) is 0. The van der Waals surface area contributed by atoms with Crippen LogP contribution in [0.3, 0.4) is 0 Å². The van der Waals surface area contributed by atoms with Crippen molar-refractivity contribution in [2.24, 2.45) is 5.41 Å². The van der Waals surface area contributed by atoms with E-state index >= 15 is 0 Å². The van der Waals surface area contributed by atoms with E-state index in [1.54, 1.807) is 0 Å². The van der Waals surface area contributed by atoms with Crippen molar-refractivity contribution in [2.45, 2.75) is 33.6 Å². The zero-order valence-corrected chi connectivity index (χ0v) is 10.3. The fourth-order valence-electron chi connectivity index (χ4n) is 1.71. The number of likely N-dealkylation sites (N-methyl/N-ethyl adjacent to an activating group) is 1. The smallest absolute Gasteiger partial charge is 0.0110 e. The van der Waals surface area contributed by atoms with Crippen LogP contribution in [0.25, 0.3) is 0 Å². The van der Waals surface area contributed by atoms with E-state index in [0.717, 1.165) is 0 Å². The van der Waals surface area contributed by atoms with Gasteiger partial charge in [-0.05, 0) is 25.4 Å². The molecule has 1 saturated heterocycles. The number of rotatable bonds is 4. The normalized spacial score (nSPS) is 21.4. The van der Waals surface area contributed by atoms with Crippen molar-refractivity contribution in [1.82, 2.24) is 9.80 Å². The standard InChI is InChI=1S/C12H26N2/c1-5-12(2,3)6-7-14-10-8-13(4)9-11-14/h5-11H2,1-4H3. The van der Waals surface area contributed by atoms with Crippen molar-refractivity contribution in [3.05, 3.63) is 0 Å². The molecule has 0 aliphatic carbocycles. The summed E-state index contributed by atoms with van der Waals surface area (Å²) in [5.41, 5.74) is 0.531. The molecule has 1 aliphatic rings. The summed E-state index contributed by atoms with van der Waals surface area (Å²) in [4.78, 5) is 5.03. The summed E-state index contributed by atoms with van der Waals surface area (Å²) in [6.45, 7) is 13.3. The zero-order valence-electron chi connectivity index (χ0n) is 10.3. The predicted molar refractivity (Wildman–Crippen MR) is 62.6 cm³/mol. The third-order valence-electron chi connectivity index (χ3n) is 3.66. The van der Waals surface area contributed by atoms with Crippen LogP contribution in [0.1, 0.15) is 33.6 Å². The summed E-state index contributed by atoms with van der Waals surface area (Å²) in [5.74, 6) is 0. The molecule has 0 atom stereocenters. The van der Waals surface area contributed by atoms with Crippen molar-refractivity contribution in [2.75, 3.05) is 39.8 Å². The maximum absolute atomic E-state index is 2.61. The molecule has 2 nitrogen and oxygen atoms in total. The van der Waals surface area contributed by atoms with Crippen LogP contribution in [0, 0.1) is 5.41 Å². The Morgan fingerprint density at radius 1 is 1.07 bits per heavy atom. The SMILES string of the molecule is CCC(C)(C)CCN1CCN(C)CC1. The van der Waals surface area contributed by atoms with E-state index < -0.39 is 0 Å². The molecule has 0 aromatic rings. The average molecular weight is 198 g/mol. The van der Waals surface area contributed by atoms with Gasteiger partial charge in [-0.2, -0.15) is 0 Å². The van der Waals surface area contributed by atoms with E-state index in [2.05, 4.69) is 37.6 Å². The van der Waals surface area contributed by atoms with Crippen molar-refractivity contribution in [3.63, 3.8) is 0 Å². The Bertz CT molecular complexity index is 158. The molecule has 0 aromatic heterocycles. The van der Waals surface area contributed by atoms with Gasteiger partial charge in [0.2, 0.25) is 0 Å². The van der Waals surface area contributed by atoms with Gasteiger partial charge in [0.1, 0.15) is 0 Å². The highest BCUT2D eigenvalue weighted by molar-refractivity contribution is 4.73. The lowest BCUT2D eigenvalue weighted by Crippen LogP contribution is -2.45. The molecule has 2 heteroatoms. The number of piperazine rings is 1. The van der Waals surface area contributed by atoms with E-state index in [1.165, 1.54) is 45.6 Å². The Hall–Kier alpha value is -0.0800. The van der Waals surface area contributed by atoms with Crippen LogP contribution in [-0.2, 0) is 0 Å². The molecular formula is C12H26N2. The molecule has 84 valence electrons. The maximum atomic E-state index is 2.61. The van der Waals surface area contributed by atoms with Crippen LogP contribution in [0.15, 0.2) is 0 Å². The molecule has 0 saturated carbocycles. The lowest BCUT2D eigenvalue weighted by Gasteiger charge is -2.34. The van der Waals surface area contributed by atoms with E-state index in [9.17, 15) is 0 Å². The molecule has 1 heterocycles. The molecule has 1 aliphatic heterocycles. The van der Waals surface area contributed by atoms with E-state index in [1.807, 2.05) is 0 Å². The summed E-state index contributed by atoms with van der Waals surface area (Å²) >= 11 is 0. The minimum Gasteiger partial charge on any atom is -0.304 e. The number of nitrogens with zero attached hydrogens (tertiary/aromatic N) is 2. The zero-order chi connectivity index (χ0) is 10.6. The van der Waals surface area contributed by atoms with Gasteiger partial charge in [0.05, 0.1) is 0 Å². The highest BCUT2D eigenvalue weighted by atomic mass is 15.2. The van der Waals surface area contributed by atoms with E-state index in [-0.39, 0.29) is 0 Å². The first-order valence-electron chi connectivity index (χ1n) is 5.94. The molecular weight excluding hydrogens is 172 g/mol. The molecule has 1 rings (SSSR count). The van der Waals surface area contributed by atoms with Gasteiger partial charge in [0.15, 0.2) is 0 Å². The second-order valence-corrected chi connectivity index (χ2v) is 5.41. The lowest BCUT2D eigenvalue weighted by molar-refractivity contribution is 0.135. The van der Waals surface area contributed by atoms with Gasteiger partial charge in [-0.1, -0.05) is 27.2 Å². The first-order valence-corrected chi connectivity index (χ1v) is 5.94. The van der Waals surface area contributed by atoms with Crippen LogP contribution in [0.2, 0.25) is 0 Å². The number of hydrogen-bond acceptors (Lipinski definition) is 2. The third-order valence-corrected chi connectivity index (χ3v) is 3.66. The second kappa shape index (κ2) is 5.13. The van der Waals surface area contributed by atoms with Crippen LogP contribution in [-0.4, -0.2) is 49.6 Å². The molecule has 0 bridgehead atoms. The first-order chi connectivity index (χ1) is 6.53. The van der Waals surface area contributed by atoms with Gasteiger partial charge in [0, 0.05) is 26.2 Å². The lowest BCUT2D eigenvalue weighted by atomic mass is 9.86. The maximum Gasteiger partial charge on any atom is 0.0110 e. The summed E-state index contributed by atoms with van der Waals surface area (Å²) in [6.07, 6.45) is 2.63. The summed E-state index contributed by atoms with van der Waals surface area (Å²) in [7, 11) is 2.22. The Labute approximate surface area is 89.3 Å². The monoisotopic (exact) mass is 198 g/mol. The highest BCUT2D eigenvalue weighted by Crippen LogP contribution is 2.24. The molecule has 0 amide bonds. The highest BCUT2D eigenvalue weighted by Gasteiger charge is 2.18. The van der Waals surface area contributed by atoms with Gasteiger partial charge in [0.25, 0.3) is 0 Å². The van der Waals surface area contributed by atoms with E-state index in [4.69, 9.17) is 0 Å². The van der Waals surface area contributed by atoms with E-state index in [0.29, 0.717) is 5.41 Å². The number of hydrogen-bond donors (Lipinski definition) is 0. The fourth-order valence-corrected chi connectivity index (χ4v) is 1.71. The second-order valence-electron chi connectivity index (χ2n) is 5.41. The molecule has 0 aromatic carbocycles. The van der Waals surface area contributed by atoms with Crippen molar-refractivity contribution >= 4 is 0 Å². The molecule has 1 fully saturated rings. The van der Waals surface area contributed by atoms with Crippen molar-refractivity contribution in [1.29, 1.82) is 0 Å². The fraction of sp³-hybridized carbons (Fsp3) is 1.00. The third kappa shape index (κ3) is 3.97. The van der Waals surface area contributed by atoms with Gasteiger partial charge < -0.3 is 9.80 Å². The average Bonchev–Trinajstić information content (AvgIpc) is 2.17. The van der Waals surface area contributed by atoms with Crippen LogP contribution in [0.5, 0.6) is 0 Å². The molecule has 0 radical (unpaired) electrons. The van der Waals surface area contributed by atoms with Crippen LogP contribution in [0.4, 0.5) is 0 Å². The molecule has 14 heavy (non-hydrogen) atoms.